The van der Waals surface area contributed by atoms with E-state index in [1.807, 2.05) is 27.7 Å². The zero-order chi connectivity index (χ0) is 19.7. The van der Waals surface area contributed by atoms with E-state index in [1.54, 1.807) is 14.1 Å². The van der Waals surface area contributed by atoms with Gasteiger partial charge in [0, 0.05) is 7.05 Å². The fraction of sp³-hybridized carbons (Fsp3) is 0.842. The Morgan fingerprint density at radius 3 is 1.88 bits per heavy atom. The van der Waals surface area contributed by atoms with Gasteiger partial charge < -0.3 is 20.3 Å². The lowest BCUT2D eigenvalue weighted by molar-refractivity contribution is -0.140. The highest BCUT2D eigenvalue weighted by Crippen LogP contribution is 2.13. The summed E-state index contributed by atoms with van der Waals surface area (Å²) in [5.74, 6) is 0.201. The number of aldehydes is 1. The monoisotopic (exact) mass is 355 g/mol. The van der Waals surface area contributed by atoms with Crippen LogP contribution in [-0.2, 0) is 14.4 Å². The van der Waals surface area contributed by atoms with Crippen LogP contribution < -0.4 is 10.6 Å². The van der Waals surface area contributed by atoms with Crippen LogP contribution in [0.1, 0.15) is 54.4 Å². The number of amides is 2. The van der Waals surface area contributed by atoms with Crippen molar-refractivity contribution in [3.63, 3.8) is 0 Å². The molecule has 0 saturated carbocycles. The zero-order valence-electron chi connectivity index (χ0n) is 17.1. The van der Waals surface area contributed by atoms with E-state index in [0.717, 1.165) is 6.29 Å². The number of rotatable bonds is 11. The predicted octanol–water partition coefficient (Wildman–Crippen LogP) is 1.83. The van der Waals surface area contributed by atoms with Crippen molar-refractivity contribution >= 4 is 18.1 Å². The molecule has 0 radical (unpaired) electrons. The van der Waals surface area contributed by atoms with Gasteiger partial charge in [-0.15, -0.1) is 0 Å². The third kappa shape index (κ3) is 7.99. The molecule has 0 spiro atoms. The third-order valence-electron chi connectivity index (χ3n) is 4.32. The Labute approximate surface area is 153 Å². The topological polar surface area (TPSA) is 78.5 Å². The minimum atomic E-state index is -0.643. The maximum Gasteiger partial charge on any atom is 0.245 e. The Balaban J connectivity index is 5.17. The van der Waals surface area contributed by atoms with Gasteiger partial charge in [-0.25, -0.2) is 0 Å². The van der Waals surface area contributed by atoms with Gasteiger partial charge in [0.2, 0.25) is 11.8 Å². The van der Waals surface area contributed by atoms with E-state index in [-0.39, 0.29) is 23.8 Å². The molecule has 0 fully saturated rings. The number of nitrogens with one attached hydrogen (secondary N) is 2. The molecule has 0 aromatic rings. The molecule has 2 N–H and O–H groups in total. The summed E-state index contributed by atoms with van der Waals surface area (Å²) in [6.45, 7) is 11.9. The molecule has 0 aromatic heterocycles. The second-order valence-corrected chi connectivity index (χ2v) is 7.98. The van der Waals surface area contributed by atoms with Crippen LogP contribution in [0, 0.1) is 17.8 Å². The average molecular weight is 356 g/mol. The molecule has 2 amide bonds. The first-order chi connectivity index (χ1) is 11.5. The normalized spacial score (nSPS) is 15.2. The van der Waals surface area contributed by atoms with E-state index in [4.69, 9.17) is 0 Å². The molecular weight excluding hydrogens is 318 g/mol. The summed E-state index contributed by atoms with van der Waals surface area (Å²) in [6.07, 6.45) is 2.12. The van der Waals surface area contributed by atoms with Gasteiger partial charge in [0.1, 0.15) is 12.3 Å². The van der Waals surface area contributed by atoms with Gasteiger partial charge in [0.25, 0.3) is 0 Å². The van der Waals surface area contributed by atoms with Gasteiger partial charge in [0.05, 0.1) is 12.1 Å². The van der Waals surface area contributed by atoms with Gasteiger partial charge >= 0.3 is 0 Å². The van der Waals surface area contributed by atoms with Crippen molar-refractivity contribution in [3.05, 3.63) is 0 Å². The van der Waals surface area contributed by atoms with Gasteiger partial charge in [-0.3, -0.25) is 9.59 Å². The molecule has 0 aliphatic rings. The second kappa shape index (κ2) is 11.2. The minimum Gasteiger partial charge on any atom is -0.343 e. The van der Waals surface area contributed by atoms with Crippen LogP contribution in [0.3, 0.4) is 0 Å². The van der Waals surface area contributed by atoms with Gasteiger partial charge in [0.15, 0.2) is 0 Å². The number of hydrogen-bond acceptors (Lipinski definition) is 4. The molecule has 0 saturated heterocycles. The van der Waals surface area contributed by atoms with E-state index < -0.39 is 12.1 Å². The van der Waals surface area contributed by atoms with Gasteiger partial charge in [-0.1, -0.05) is 41.5 Å². The van der Waals surface area contributed by atoms with Crippen LogP contribution in [0.25, 0.3) is 0 Å². The van der Waals surface area contributed by atoms with E-state index in [1.165, 1.54) is 4.90 Å². The summed E-state index contributed by atoms with van der Waals surface area (Å²) in [6, 6.07) is -1.45. The van der Waals surface area contributed by atoms with Crippen LogP contribution in [0.2, 0.25) is 0 Å². The van der Waals surface area contributed by atoms with Crippen molar-refractivity contribution < 1.29 is 14.4 Å². The van der Waals surface area contributed by atoms with Gasteiger partial charge in [-0.05, 0) is 37.6 Å². The molecule has 25 heavy (non-hydrogen) atoms. The lowest BCUT2D eigenvalue weighted by atomic mass is 9.98. The Hall–Kier alpha value is -1.43. The molecule has 3 atom stereocenters. The lowest BCUT2D eigenvalue weighted by Crippen LogP contribution is -2.56. The maximum absolute atomic E-state index is 12.9. The highest BCUT2D eigenvalue weighted by Gasteiger charge is 2.32. The second-order valence-electron chi connectivity index (χ2n) is 7.98. The fourth-order valence-corrected chi connectivity index (χ4v) is 2.77. The minimum absolute atomic E-state index is 0.0678. The van der Waals surface area contributed by atoms with E-state index in [2.05, 4.69) is 24.5 Å². The van der Waals surface area contributed by atoms with E-state index in [9.17, 15) is 14.4 Å². The van der Waals surface area contributed by atoms with E-state index >= 15 is 0 Å². The quantitative estimate of drug-likeness (QED) is 0.554. The molecule has 0 aliphatic heterocycles. The van der Waals surface area contributed by atoms with Crippen LogP contribution in [0.4, 0.5) is 0 Å². The average Bonchev–Trinajstić information content (AvgIpc) is 2.52. The van der Waals surface area contributed by atoms with Crippen LogP contribution in [0.15, 0.2) is 0 Å². The highest BCUT2D eigenvalue weighted by atomic mass is 16.2. The molecule has 0 aliphatic carbocycles. The number of hydrogen-bond donors (Lipinski definition) is 2. The van der Waals surface area contributed by atoms with Crippen molar-refractivity contribution in [1.29, 1.82) is 0 Å². The smallest absolute Gasteiger partial charge is 0.245 e. The maximum atomic E-state index is 12.9. The van der Waals surface area contributed by atoms with Crippen molar-refractivity contribution in [2.24, 2.45) is 17.8 Å². The molecule has 0 heterocycles. The summed E-state index contributed by atoms with van der Waals surface area (Å²) in [4.78, 5) is 38.3. The van der Waals surface area contributed by atoms with Crippen LogP contribution >= 0.6 is 0 Å². The lowest BCUT2D eigenvalue weighted by Gasteiger charge is -2.32. The van der Waals surface area contributed by atoms with Crippen molar-refractivity contribution in [1.82, 2.24) is 15.5 Å². The van der Waals surface area contributed by atoms with Crippen LogP contribution in [0.5, 0.6) is 0 Å². The summed E-state index contributed by atoms with van der Waals surface area (Å²) in [5.41, 5.74) is 0. The van der Waals surface area contributed by atoms with Gasteiger partial charge in [-0.2, -0.15) is 0 Å². The third-order valence-corrected chi connectivity index (χ3v) is 4.32. The number of likely N-dealkylation sites (N-methyl/N-ethyl adjacent to an activating group) is 2. The Kier molecular flexibility index (Phi) is 10.6. The standard InChI is InChI=1S/C19H37N3O3/c1-12(2)9-15(11-23)22(8)19(25)17(14(5)6)21-18(24)16(20-7)10-13(3)4/h11-17,20H,9-10H2,1-8H3,(H,21,24)/t15?,16-,17-/m0/s1. The van der Waals surface area contributed by atoms with Crippen molar-refractivity contribution in [2.75, 3.05) is 14.1 Å². The number of carbonyl (C=O) groups is 3. The van der Waals surface area contributed by atoms with E-state index in [0.29, 0.717) is 24.7 Å². The van der Waals surface area contributed by atoms with Crippen molar-refractivity contribution in [2.45, 2.75) is 72.5 Å². The first-order valence-corrected chi connectivity index (χ1v) is 9.24. The molecule has 0 rings (SSSR count). The largest absolute Gasteiger partial charge is 0.343 e. The summed E-state index contributed by atoms with van der Waals surface area (Å²) in [5, 5.41) is 5.89. The Morgan fingerprint density at radius 2 is 1.52 bits per heavy atom. The molecule has 6 heteroatoms. The molecule has 6 nitrogen and oxygen atoms in total. The van der Waals surface area contributed by atoms with Crippen molar-refractivity contribution in [3.8, 4) is 0 Å². The highest BCUT2D eigenvalue weighted by molar-refractivity contribution is 5.91. The number of nitrogens with zero attached hydrogens (tertiary/aromatic N) is 1. The Morgan fingerprint density at radius 1 is 1.00 bits per heavy atom. The summed E-state index contributed by atoms with van der Waals surface area (Å²) >= 11 is 0. The first-order valence-electron chi connectivity index (χ1n) is 9.24. The summed E-state index contributed by atoms with van der Waals surface area (Å²) < 4.78 is 0. The van der Waals surface area contributed by atoms with Crippen LogP contribution in [-0.4, -0.2) is 55.2 Å². The zero-order valence-corrected chi connectivity index (χ0v) is 17.1. The first kappa shape index (κ1) is 23.6. The summed E-state index contributed by atoms with van der Waals surface area (Å²) in [7, 11) is 3.38. The Bertz CT molecular complexity index is 436. The SMILES string of the molecule is CN[C@@H](CC(C)C)C(=O)N[C@H](C(=O)N(C)C(C=O)CC(C)C)C(C)C. The molecule has 1 unspecified atom stereocenters. The molecule has 0 aromatic carbocycles. The fourth-order valence-electron chi connectivity index (χ4n) is 2.77. The molecular formula is C19H37N3O3. The molecule has 0 bridgehead atoms. The molecule has 146 valence electrons. The number of carbonyl (C=O) groups excluding carboxylic acids is 3. The predicted molar refractivity (Wildman–Crippen MR) is 101 cm³/mol.